The Kier molecular flexibility index (Phi) is 10.6. The van der Waals surface area contributed by atoms with E-state index < -0.39 is 24.2 Å². The summed E-state index contributed by atoms with van der Waals surface area (Å²) in [6, 6.07) is 10.9. The Labute approximate surface area is 246 Å². The van der Waals surface area contributed by atoms with Crippen molar-refractivity contribution >= 4 is 29.2 Å². The molecule has 0 aromatic heterocycles. The van der Waals surface area contributed by atoms with E-state index in [-0.39, 0.29) is 115 Å². The van der Waals surface area contributed by atoms with E-state index in [4.69, 9.17) is 11.6 Å². The van der Waals surface area contributed by atoms with Gasteiger partial charge >= 0.3 is 103 Å². The van der Waals surface area contributed by atoms with Gasteiger partial charge in [-0.15, -0.1) is 0 Å². The first-order valence-corrected chi connectivity index (χ1v) is 7.74. The SMILES string of the molecule is [K+].[K+].[O]C1c2ccccc2N(Cc2ccc(Cl)cc2)N1C(C(=O)[O-])C(=O)[O-]. The molecule has 27 heavy (non-hydrogen) atoms. The van der Waals surface area contributed by atoms with Crippen LogP contribution in [0, 0.1) is 0 Å². The molecule has 0 aliphatic carbocycles. The molecular weight excluding hydrogens is 426 g/mol. The largest absolute Gasteiger partial charge is 1.00 e. The van der Waals surface area contributed by atoms with Crippen molar-refractivity contribution in [3.8, 4) is 0 Å². The van der Waals surface area contributed by atoms with E-state index in [1.165, 1.54) is 11.1 Å². The van der Waals surface area contributed by atoms with E-state index in [0.29, 0.717) is 16.3 Å². The van der Waals surface area contributed by atoms with Crippen LogP contribution in [-0.2, 0) is 21.2 Å². The van der Waals surface area contributed by atoms with Crippen LogP contribution < -0.4 is 118 Å². The van der Waals surface area contributed by atoms with E-state index in [2.05, 4.69) is 0 Å². The number of carbonyl (C=O) groups excluding carboxylic acids is 2. The molecule has 1 unspecified atom stereocenters. The number of aliphatic carboxylic acids is 2. The van der Waals surface area contributed by atoms with Crippen LogP contribution in [0.3, 0.4) is 0 Å². The Balaban J connectivity index is 0.00000182. The molecule has 0 amide bonds. The summed E-state index contributed by atoms with van der Waals surface area (Å²) < 4.78 is 0. The van der Waals surface area contributed by atoms with E-state index in [9.17, 15) is 24.9 Å². The molecule has 1 heterocycles. The molecule has 0 fully saturated rings. The van der Waals surface area contributed by atoms with Gasteiger partial charge in [0.05, 0.1) is 24.2 Å². The van der Waals surface area contributed by atoms with Gasteiger partial charge in [0, 0.05) is 10.6 Å². The van der Waals surface area contributed by atoms with Crippen LogP contribution in [-0.4, -0.2) is 23.0 Å². The number of benzene rings is 2. The maximum Gasteiger partial charge on any atom is 1.00 e. The van der Waals surface area contributed by atoms with Crippen LogP contribution in [0.4, 0.5) is 5.69 Å². The summed E-state index contributed by atoms with van der Waals surface area (Å²) >= 11 is 5.85. The minimum atomic E-state index is -2.21. The van der Waals surface area contributed by atoms with Crippen LogP contribution >= 0.6 is 11.6 Å². The quantitative estimate of drug-likeness (QED) is 0.340. The van der Waals surface area contributed by atoms with Gasteiger partial charge in [-0.1, -0.05) is 41.9 Å². The van der Waals surface area contributed by atoms with E-state index in [0.717, 1.165) is 5.01 Å². The number of hydrogen-bond donors (Lipinski definition) is 0. The van der Waals surface area contributed by atoms with Crippen molar-refractivity contribution in [1.29, 1.82) is 0 Å². The predicted octanol–water partition coefficient (Wildman–Crippen LogP) is -6.12. The second kappa shape index (κ2) is 11.2. The molecule has 0 saturated heterocycles. The average molecular weight is 438 g/mol. The zero-order chi connectivity index (χ0) is 18.1. The number of para-hydroxylation sites is 1. The summed E-state index contributed by atoms with van der Waals surface area (Å²) in [6.07, 6.45) is -1.70. The predicted molar refractivity (Wildman–Crippen MR) is 83.1 cm³/mol. The fraction of sp³-hybridized carbons (Fsp3) is 0.176. The van der Waals surface area contributed by atoms with Crippen molar-refractivity contribution < 1.29 is 128 Å². The van der Waals surface area contributed by atoms with Crippen molar-refractivity contribution in [2.24, 2.45) is 0 Å². The molecule has 7 nitrogen and oxygen atoms in total. The standard InChI is InChI=1S/C17H14ClN2O5.2K/c18-11-7-5-10(6-8-11)9-19-13-4-2-1-3-12(13)15(21)20(19)14(16(22)23)17(24)25;;/h1-8,14-15H,9H2,(H,22,23)(H,24,25);;/q;2*+1/p-2. The number of hydrazine groups is 1. The monoisotopic (exact) mass is 437 g/mol. The second-order valence-corrected chi connectivity index (χ2v) is 5.95. The van der Waals surface area contributed by atoms with Gasteiger partial charge < -0.3 is 19.8 Å². The first-order chi connectivity index (χ1) is 11.9. The van der Waals surface area contributed by atoms with E-state index >= 15 is 0 Å². The van der Waals surface area contributed by atoms with E-state index in [1.54, 1.807) is 42.5 Å². The van der Waals surface area contributed by atoms with Crippen molar-refractivity contribution in [3.05, 3.63) is 64.7 Å². The summed E-state index contributed by atoms with van der Waals surface area (Å²) in [5, 5.41) is 37.9. The summed E-state index contributed by atoms with van der Waals surface area (Å²) in [5.74, 6) is -3.82. The number of carboxylic acid groups (broad SMARTS) is 2. The number of hydrogen-bond acceptors (Lipinski definition) is 6. The van der Waals surface area contributed by atoms with E-state index in [1.807, 2.05) is 0 Å². The van der Waals surface area contributed by atoms with Crippen LogP contribution in [0.1, 0.15) is 17.4 Å². The topological polar surface area (TPSA) is 107 Å². The first kappa shape index (κ1) is 25.7. The summed E-state index contributed by atoms with van der Waals surface area (Å²) in [7, 11) is 0. The second-order valence-electron chi connectivity index (χ2n) is 5.52. The molecule has 2 aromatic rings. The van der Waals surface area contributed by atoms with Crippen LogP contribution in [0.25, 0.3) is 0 Å². The van der Waals surface area contributed by atoms with Gasteiger partial charge in [0.25, 0.3) is 0 Å². The van der Waals surface area contributed by atoms with Gasteiger partial charge in [-0.25, -0.2) is 5.11 Å². The fourth-order valence-electron chi connectivity index (χ4n) is 2.84. The van der Waals surface area contributed by atoms with Gasteiger partial charge in [-0.3, -0.25) is 5.01 Å². The number of nitrogens with zero attached hydrogens (tertiary/aromatic N) is 2. The molecule has 2 aromatic carbocycles. The van der Waals surface area contributed by atoms with Crippen LogP contribution in [0.15, 0.2) is 48.5 Å². The third kappa shape index (κ3) is 5.63. The number of carboxylic acids is 2. The molecule has 1 radical (unpaired) electrons. The molecule has 10 heteroatoms. The van der Waals surface area contributed by atoms with Gasteiger partial charge in [0.2, 0.25) is 0 Å². The van der Waals surface area contributed by atoms with Crippen molar-refractivity contribution in [2.75, 3.05) is 5.01 Å². The third-order valence-electron chi connectivity index (χ3n) is 3.96. The van der Waals surface area contributed by atoms with Crippen molar-refractivity contribution in [3.63, 3.8) is 0 Å². The molecular formula is C17H12ClK2N2O5. The number of rotatable bonds is 5. The zero-order valence-electron chi connectivity index (χ0n) is 14.8. The molecule has 0 N–H and O–H groups in total. The van der Waals surface area contributed by atoms with Crippen LogP contribution in [0.2, 0.25) is 5.02 Å². The maximum absolute atomic E-state index is 12.7. The number of anilines is 1. The Hall–Kier alpha value is 0.663. The molecule has 0 saturated carbocycles. The molecule has 0 bridgehead atoms. The Morgan fingerprint density at radius 2 is 1.56 bits per heavy atom. The summed E-state index contributed by atoms with van der Waals surface area (Å²) in [4.78, 5) is 22.6. The van der Waals surface area contributed by atoms with Gasteiger partial charge in [0.1, 0.15) is 6.04 Å². The first-order valence-electron chi connectivity index (χ1n) is 7.37. The maximum atomic E-state index is 12.7. The summed E-state index contributed by atoms with van der Waals surface area (Å²) in [6.45, 7) is 0.0873. The van der Waals surface area contributed by atoms with Gasteiger partial charge in [-0.05, 0) is 23.8 Å². The van der Waals surface area contributed by atoms with Crippen molar-refractivity contribution in [2.45, 2.75) is 18.8 Å². The molecule has 1 aliphatic heterocycles. The molecule has 0 spiro atoms. The molecule has 1 atom stereocenters. The number of fused-ring (bicyclic) bond motifs is 1. The fourth-order valence-corrected chi connectivity index (χ4v) is 2.97. The number of carbonyl (C=O) groups is 2. The van der Waals surface area contributed by atoms with Crippen LogP contribution in [0.5, 0.6) is 0 Å². The molecule has 3 rings (SSSR count). The summed E-state index contributed by atoms with van der Waals surface area (Å²) in [5.41, 5.74) is 1.43. The molecule has 129 valence electrons. The van der Waals surface area contributed by atoms with Crippen molar-refractivity contribution in [1.82, 2.24) is 5.01 Å². The number of halogens is 1. The van der Waals surface area contributed by atoms with Gasteiger partial charge in [-0.2, -0.15) is 5.01 Å². The Bertz CT molecular complexity index is 807. The Morgan fingerprint density at radius 3 is 2.11 bits per heavy atom. The average Bonchev–Trinajstić information content (AvgIpc) is 2.83. The normalized spacial score (nSPS) is 15.7. The molecule has 1 aliphatic rings. The minimum Gasteiger partial charge on any atom is -0.548 e. The minimum absolute atomic E-state index is 0. The third-order valence-corrected chi connectivity index (χ3v) is 4.21. The smallest absolute Gasteiger partial charge is 0.548 e. The van der Waals surface area contributed by atoms with Gasteiger partial charge in [0.15, 0.2) is 6.23 Å². The Morgan fingerprint density at radius 1 is 1.00 bits per heavy atom. The zero-order valence-corrected chi connectivity index (χ0v) is 21.8.